The van der Waals surface area contributed by atoms with E-state index in [4.69, 9.17) is 10.5 Å². The van der Waals surface area contributed by atoms with E-state index in [1.807, 2.05) is 13.0 Å². The number of aryl methyl sites for hydroxylation is 1. The van der Waals surface area contributed by atoms with Gasteiger partial charge < -0.3 is 15.4 Å². The fourth-order valence-corrected chi connectivity index (χ4v) is 5.65. The molecule has 6 rings (SSSR count). The summed E-state index contributed by atoms with van der Waals surface area (Å²) < 4.78 is 5.71. The minimum absolute atomic E-state index is 0.364. The predicted octanol–water partition coefficient (Wildman–Crippen LogP) is 2.44. The Morgan fingerprint density at radius 2 is 1.89 bits per heavy atom. The second-order valence-electron chi connectivity index (χ2n) is 8.08. The summed E-state index contributed by atoms with van der Waals surface area (Å²) in [5.74, 6) is 3.45. The molecule has 4 aliphatic heterocycles. The van der Waals surface area contributed by atoms with Crippen LogP contribution < -0.4 is 15.4 Å². The fourth-order valence-electron chi connectivity index (χ4n) is 5.65. The number of para-hydroxylation sites is 1. The van der Waals surface area contributed by atoms with Crippen LogP contribution in [0.1, 0.15) is 30.0 Å². The molecule has 1 aromatic heterocycles. The Bertz CT molecular complexity index is 828. The van der Waals surface area contributed by atoms with E-state index < -0.39 is 0 Å². The summed E-state index contributed by atoms with van der Waals surface area (Å²) in [4.78, 5) is 14.1. The van der Waals surface area contributed by atoms with Crippen molar-refractivity contribution in [3.8, 4) is 5.75 Å². The molecule has 2 aromatic rings. The van der Waals surface area contributed by atoms with Gasteiger partial charge in [-0.15, -0.1) is 0 Å². The summed E-state index contributed by atoms with van der Waals surface area (Å²) in [6.45, 7) is 5.34. The van der Waals surface area contributed by atoms with Gasteiger partial charge in [0.15, 0.2) is 0 Å². The Kier molecular flexibility index (Phi) is 3.97. The maximum absolute atomic E-state index is 5.98. The van der Waals surface area contributed by atoms with E-state index >= 15 is 0 Å². The topological polar surface area (TPSA) is 67.5 Å². The number of benzene rings is 1. The van der Waals surface area contributed by atoms with Gasteiger partial charge >= 0.3 is 0 Å². The monoisotopic (exact) mass is 365 g/mol. The number of rotatable bonds is 3. The molecule has 4 aliphatic rings. The number of methoxy groups -OCH3 is 1. The van der Waals surface area contributed by atoms with Crippen LogP contribution in [0.15, 0.2) is 30.3 Å². The highest BCUT2D eigenvalue weighted by atomic mass is 16.5. The molecular formula is C21H27N5O. The van der Waals surface area contributed by atoms with Crippen molar-refractivity contribution in [2.45, 2.75) is 37.8 Å². The molecule has 6 nitrogen and oxygen atoms in total. The van der Waals surface area contributed by atoms with E-state index in [0.29, 0.717) is 23.9 Å². The lowest BCUT2D eigenvalue weighted by Gasteiger charge is -2.51. The van der Waals surface area contributed by atoms with E-state index in [2.05, 4.69) is 44.0 Å². The first-order valence-electron chi connectivity index (χ1n) is 9.90. The van der Waals surface area contributed by atoms with Crippen LogP contribution in [-0.2, 0) is 0 Å². The van der Waals surface area contributed by atoms with Gasteiger partial charge in [-0.2, -0.15) is 4.98 Å². The molecule has 4 fully saturated rings. The van der Waals surface area contributed by atoms with Crippen molar-refractivity contribution in [3.63, 3.8) is 0 Å². The Morgan fingerprint density at radius 1 is 1.11 bits per heavy atom. The number of ether oxygens (including phenoxy) is 1. The summed E-state index contributed by atoms with van der Waals surface area (Å²) >= 11 is 0. The molecule has 27 heavy (non-hydrogen) atoms. The third-order valence-electron chi connectivity index (χ3n) is 6.68. The number of aromatic nitrogens is 2. The zero-order valence-electron chi connectivity index (χ0n) is 16.0. The molecular weight excluding hydrogens is 338 g/mol. The summed E-state index contributed by atoms with van der Waals surface area (Å²) in [5, 5.41) is 0. The van der Waals surface area contributed by atoms with Gasteiger partial charge in [-0.05, 0) is 44.8 Å². The molecule has 0 radical (unpaired) electrons. The molecule has 0 aliphatic carbocycles. The molecule has 2 bridgehead atoms. The molecule has 6 heteroatoms. The maximum Gasteiger partial charge on any atom is 0.222 e. The van der Waals surface area contributed by atoms with Crippen LogP contribution in [0.25, 0.3) is 0 Å². The SMILES string of the molecule is COc1ccccc1[C@@H]1CN(c2cc(C)nc(N)n2)[C@@H]2C3CCN(CC3)[C@@H]21. The first-order chi connectivity index (χ1) is 13.2. The number of nitrogens with two attached hydrogens (primary N) is 1. The van der Waals surface area contributed by atoms with Crippen LogP contribution in [-0.4, -0.2) is 53.7 Å². The number of fused-ring (bicyclic) bond motifs is 2. The third-order valence-corrected chi connectivity index (χ3v) is 6.68. The van der Waals surface area contributed by atoms with Crippen molar-refractivity contribution in [2.24, 2.45) is 5.92 Å². The minimum atomic E-state index is 0.364. The van der Waals surface area contributed by atoms with Gasteiger partial charge in [0, 0.05) is 41.9 Å². The smallest absolute Gasteiger partial charge is 0.222 e. The third kappa shape index (κ3) is 2.65. The number of anilines is 2. The van der Waals surface area contributed by atoms with E-state index in [-0.39, 0.29) is 0 Å². The molecule has 2 N–H and O–H groups in total. The zero-order valence-corrected chi connectivity index (χ0v) is 16.0. The Labute approximate surface area is 160 Å². The van der Waals surface area contributed by atoms with E-state index in [1.165, 1.54) is 31.5 Å². The fraction of sp³-hybridized carbons (Fsp3) is 0.524. The highest BCUT2D eigenvalue weighted by molar-refractivity contribution is 5.51. The number of hydrogen-bond acceptors (Lipinski definition) is 6. The van der Waals surface area contributed by atoms with Gasteiger partial charge in [0.2, 0.25) is 5.95 Å². The van der Waals surface area contributed by atoms with Crippen LogP contribution in [0.4, 0.5) is 11.8 Å². The second-order valence-corrected chi connectivity index (χ2v) is 8.08. The van der Waals surface area contributed by atoms with Gasteiger partial charge in [0.05, 0.1) is 7.11 Å². The molecule has 5 heterocycles. The molecule has 1 aromatic carbocycles. The standard InChI is InChI=1S/C21H27N5O/c1-13-11-18(24-21(22)23-13)26-12-16(15-5-3-4-6-17(15)27-2)20-19(26)14-7-9-25(20)10-8-14/h3-6,11,14,16,19-20H,7-10,12H2,1-2H3,(H2,22,23,24)/t16-,19+,20+/m0/s1. The normalized spacial score (nSPS) is 31.8. The number of nitrogen functional groups attached to an aromatic ring is 1. The molecule has 3 atom stereocenters. The van der Waals surface area contributed by atoms with E-state index in [0.717, 1.165) is 29.7 Å². The molecule has 142 valence electrons. The quantitative estimate of drug-likeness (QED) is 0.901. The van der Waals surface area contributed by atoms with Gasteiger partial charge in [0.1, 0.15) is 11.6 Å². The van der Waals surface area contributed by atoms with Gasteiger partial charge in [-0.1, -0.05) is 18.2 Å². The van der Waals surface area contributed by atoms with Gasteiger partial charge in [-0.3, -0.25) is 4.90 Å². The summed E-state index contributed by atoms with van der Waals surface area (Å²) in [6.07, 6.45) is 2.55. The van der Waals surface area contributed by atoms with Gasteiger partial charge in [0.25, 0.3) is 0 Å². The van der Waals surface area contributed by atoms with Crippen molar-refractivity contribution in [3.05, 3.63) is 41.6 Å². The van der Waals surface area contributed by atoms with Crippen LogP contribution >= 0.6 is 0 Å². The lowest BCUT2D eigenvalue weighted by molar-refractivity contribution is 0.0352. The molecule has 0 spiro atoms. The average molecular weight is 365 g/mol. The van der Waals surface area contributed by atoms with Crippen LogP contribution in [0, 0.1) is 12.8 Å². The van der Waals surface area contributed by atoms with E-state index in [1.54, 1.807) is 7.11 Å². The number of hydrogen-bond donors (Lipinski definition) is 1. The highest BCUT2D eigenvalue weighted by Crippen LogP contribution is 2.49. The van der Waals surface area contributed by atoms with Crippen LogP contribution in [0.5, 0.6) is 5.75 Å². The molecule has 0 amide bonds. The summed E-state index contributed by atoms with van der Waals surface area (Å²) in [5.41, 5.74) is 8.22. The zero-order chi connectivity index (χ0) is 18.5. The number of piperidine rings is 3. The first-order valence-corrected chi connectivity index (χ1v) is 9.90. The van der Waals surface area contributed by atoms with E-state index in [9.17, 15) is 0 Å². The van der Waals surface area contributed by atoms with Crippen molar-refractivity contribution < 1.29 is 4.74 Å². The maximum atomic E-state index is 5.98. The van der Waals surface area contributed by atoms with Crippen LogP contribution in [0.2, 0.25) is 0 Å². The number of nitrogens with zero attached hydrogens (tertiary/aromatic N) is 4. The Hall–Kier alpha value is -2.34. The molecule has 0 saturated carbocycles. The lowest BCUT2D eigenvalue weighted by Crippen LogP contribution is -2.60. The lowest BCUT2D eigenvalue weighted by atomic mass is 9.75. The first kappa shape index (κ1) is 16.8. The summed E-state index contributed by atoms with van der Waals surface area (Å²) in [6, 6.07) is 11.5. The minimum Gasteiger partial charge on any atom is -0.496 e. The average Bonchev–Trinajstić information content (AvgIpc) is 3.11. The molecule has 0 unspecified atom stereocenters. The Balaban J connectivity index is 1.60. The predicted molar refractivity (Wildman–Crippen MR) is 106 cm³/mol. The highest BCUT2D eigenvalue weighted by Gasteiger charge is 2.54. The van der Waals surface area contributed by atoms with Crippen LogP contribution in [0.3, 0.4) is 0 Å². The largest absolute Gasteiger partial charge is 0.496 e. The van der Waals surface area contributed by atoms with Crippen molar-refractivity contribution >= 4 is 11.8 Å². The van der Waals surface area contributed by atoms with Crippen molar-refractivity contribution in [1.82, 2.24) is 14.9 Å². The molecule has 4 saturated heterocycles. The Morgan fingerprint density at radius 3 is 2.63 bits per heavy atom. The summed E-state index contributed by atoms with van der Waals surface area (Å²) in [7, 11) is 1.77. The second kappa shape index (κ2) is 6.37. The van der Waals surface area contributed by atoms with Crippen molar-refractivity contribution in [2.75, 3.05) is 37.4 Å². The van der Waals surface area contributed by atoms with Crippen molar-refractivity contribution in [1.29, 1.82) is 0 Å². The van der Waals surface area contributed by atoms with Gasteiger partial charge in [-0.25, -0.2) is 4.98 Å².